The molecule has 0 radical (unpaired) electrons. The highest BCUT2D eigenvalue weighted by molar-refractivity contribution is 7.89. The van der Waals surface area contributed by atoms with Crippen molar-refractivity contribution < 1.29 is 17.9 Å². The summed E-state index contributed by atoms with van der Waals surface area (Å²) in [5.74, 6) is 0.438. The maximum atomic E-state index is 13.1. The number of nitrogens with one attached hydrogen (secondary N) is 1. The largest absolute Gasteiger partial charge is 0.494 e. The molecule has 33 heavy (non-hydrogen) atoms. The van der Waals surface area contributed by atoms with Gasteiger partial charge in [0.2, 0.25) is 15.9 Å². The van der Waals surface area contributed by atoms with E-state index in [2.05, 4.69) is 5.32 Å². The molecule has 0 unspecified atom stereocenters. The van der Waals surface area contributed by atoms with Crippen molar-refractivity contribution in [3.63, 3.8) is 0 Å². The number of para-hydroxylation sites is 1. The Bertz CT molecular complexity index is 1320. The predicted octanol–water partition coefficient (Wildman–Crippen LogP) is 2.72. The molecular formula is C23H27N3O5S2. The van der Waals surface area contributed by atoms with Crippen LogP contribution in [0.1, 0.15) is 25.3 Å². The number of carbonyl (C=O) groups is 1. The molecule has 2 heterocycles. The van der Waals surface area contributed by atoms with Gasteiger partial charge in [-0.15, -0.1) is 0 Å². The average molecular weight is 490 g/mol. The molecule has 0 spiro atoms. The van der Waals surface area contributed by atoms with E-state index in [1.165, 1.54) is 8.87 Å². The minimum Gasteiger partial charge on any atom is -0.494 e. The zero-order valence-electron chi connectivity index (χ0n) is 18.6. The molecule has 1 N–H and O–H groups in total. The molecule has 1 fully saturated rings. The number of amides is 1. The van der Waals surface area contributed by atoms with E-state index in [1.54, 1.807) is 25.2 Å². The molecular weight excluding hydrogens is 462 g/mol. The molecule has 3 aromatic rings. The molecule has 4 rings (SSSR count). The zero-order valence-corrected chi connectivity index (χ0v) is 20.2. The Morgan fingerprint density at radius 1 is 1.18 bits per heavy atom. The van der Waals surface area contributed by atoms with Crippen LogP contribution in [-0.4, -0.2) is 42.9 Å². The van der Waals surface area contributed by atoms with Gasteiger partial charge in [0.25, 0.3) is 0 Å². The lowest BCUT2D eigenvalue weighted by molar-refractivity contribution is -0.126. The normalized spacial score (nSPS) is 15.6. The van der Waals surface area contributed by atoms with Gasteiger partial charge in [0.1, 0.15) is 5.75 Å². The van der Waals surface area contributed by atoms with Gasteiger partial charge in [0, 0.05) is 38.2 Å². The molecule has 1 aromatic heterocycles. The third kappa shape index (κ3) is 4.83. The second kappa shape index (κ2) is 9.66. The zero-order chi connectivity index (χ0) is 23.6. The second-order valence-corrected chi connectivity index (χ2v) is 10.9. The molecule has 1 amide bonds. The minimum atomic E-state index is -3.69. The van der Waals surface area contributed by atoms with Crippen LogP contribution in [0.3, 0.4) is 0 Å². The molecule has 0 atom stereocenters. The number of nitrogens with zero attached hydrogens (tertiary/aromatic N) is 2. The number of ether oxygens (including phenoxy) is 1. The van der Waals surface area contributed by atoms with Crippen LogP contribution >= 0.6 is 11.3 Å². The Labute approximate surface area is 196 Å². The summed E-state index contributed by atoms with van der Waals surface area (Å²) in [5, 5.41) is 2.96. The van der Waals surface area contributed by atoms with Crippen LogP contribution in [0, 0.1) is 5.92 Å². The molecule has 1 saturated heterocycles. The van der Waals surface area contributed by atoms with Gasteiger partial charge in [-0.3, -0.25) is 9.59 Å². The Hall–Kier alpha value is -2.69. The lowest BCUT2D eigenvalue weighted by Crippen LogP contribution is -2.42. The first kappa shape index (κ1) is 23.5. The van der Waals surface area contributed by atoms with Crippen molar-refractivity contribution in [1.82, 2.24) is 14.2 Å². The molecule has 176 valence electrons. The first-order valence-electron chi connectivity index (χ1n) is 10.9. The SMILES string of the molecule is CCOc1ccccc1CNC(=O)C1CCN(S(=O)(=O)c2ccc3c(c2)sc(=O)n3C)CC1. The molecule has 0 bridgehead atoms. The van der Waals surface area contributed by atoms with Crippen molar-refractivity contribution in [3.8, 4) is 5.75 Å². The summed E-state index contributed by atoms with van der Waals surface area (Å²) in [7, 11) is -2.03. The Morgan fingerprint density at radius 2 is 1.91 bits per heavy atom. The van der Waals surface area contributed by atoms with Crippen molar-refractivity contribution in [1.29, 1.82) is 0 Å². The molecule has 0 saturated carbocycles. The van der Waals surface area contributed by atoms with Crippen LogP contribution in [0.2, 0.25) is 0 Å². The van der Waals surface area contributed by atoms with E-state index in [1.807, 2.05) is 31.2 Å². The highest BCUT2D eigenvalue weighted by atomic mass is 32.2. The third-order valence-electron chi connectivity index (χ3n) is 5.95. The number of rotatable bonds is 7. The van der Waals surface area contributed by atoms with Crippen LogP contribution in [0.5, 0.6) is 5.75 Å². The van der Waals surface area contributed by atoms with Gasteiger partial charge in [-0.2, -0.15) is 4.31 Å². The summed E-state index contributed by atoms with van der Waals surface area (Å²) >= 11 is 1.03. The summed E-state index contributed by atoms with van der Waals surface area (Å²) < 4.78 is 35.5. The highest BCUT2D eigenvalue weighted by Crippen LogP contribution is 2.27. The lowest BCUT2D eigenvalue weighted by atomic mass is 9.97. The van der Waals surface area contributed by atoms with Crippen LogP contribution in [0.4, 0.5) is 0 Å². The van der Waals surface area contributed by atoms with Gasteiger partial charge in [-0.25, -0.2) is 8.42 Å². The molecule has 2 aromatic carbocycles. The molecule has 10 heteroatoms. The van der Waals surface area contributed by atoms with Crippen molar-refractivity contribution in [2.24, 2.45) is 13.0 Å². The van der Waals surface area contributed by atoms with Gasteiger partial charge in [-0.1, -0.05) is 29.5 Å². The van der Waals surface area contributed by atoms with Crippen molar-refractivity contribution >= 4 is 37.5 Å². The first-order valence-corrected chi connectivity index (χ1v) is 13.1. The molecule has 1 aliphatic rings. The Morgan fingerprint density at radius 3 is 2.64 bits per heavy atom. The number of hydrogen-bond acceptors (Lipinski definition) is 6. The summed E-state index contributed by atoms with van der Waals surface area (Å²) in [6.07, 6.45) is 0.915. The van der Waals surface area contributed by atoms with E-state index in [0.29, 0.717) is 36.2 Å². The number of aryl methyl sites for hydroxylation is 1. The van der Waals surface area contributed by atoms with Gasteiger partial charge >= 0.3 is 4.87 Å². The summed E-state index contributed by atoms with van der Waals surface area (Å²) in [5.41, 5.74) is 1.62. The Kier molecular flexibility index (Phi) is 6.87. The monoisotopic (exact) mass is 489 g/mol. The van der Waals surface area contributed by atoms with Crippen LogP contribution in [-0.2, 0) is 28.4 Å². The van der Waals surface area contributed by atoms with Crippen LogP contribution < -0.4 is 14.9 Å². The van der Waals surface area contributed by atoms with E-state index in [0.717, 1.165) is 22.6 Å². The van der Waals surface area contributed by atoms with Gasteiger partial charge in [-0.05, 0) is 44.0 Å². The fourth-order valence-corrected chi connectivity index (χ4v) is 6.54. The lowest BCUT2D eigenvalue weighted by Gasteiger charge is -2.30. The quantitative estimate of drug-likeness (QED) is 0.550. The van der Waals surface area contributed by atoms with Gasteiger partial charge in [0.15, 0.2) is 0 Å². The Balaban J connectivity index is 1.38. The smallest absolute Gasteiger partial charge is 0.307 e. The van der Waals surface area contributed by atoms with E-state index >= 15 is 0 Å². The topological polar surface area (TPSA) is 97.7 Å². The number of fused-ring (bicyclic) bond motifs is 1. The number of sulfonamides is 1. The van der Waals surface area contributed by atoms with E-state index in [4.69, 9.17) is 4.74 Å². The van der Waals surface area contributed by atoms with Crippen molar-refractivity contribution in [3.05, 3.63) is 57.7 Å². The minimum absolute atomic E-state index is 0.0752. The van der Waals surface area contributed by atoms with Gasteiger partial charge in [0.05, 0.1) is 21.7 Å². The fourth-order valence-electron chi connectivity index (χ4n) is 4.05. The molecule has 0 aliphatic carbocycles. The van der Waals surface area contributed by atoms with Gasteiger partial charge < -0.3 is 14.6 Å². The maximum Gasteiger partial charge on any atom is 0.307 e. The number of thiazole rings is 1. The van der Waals surface area contributed by atoms with E-state index < -0.39 is 10.0 Å². The van der Waals surface area contributed by atoms with Crippen LogP contribution in [0.15, 0.2) is 52.2 Å². The van der Waals surface area contributed by atoms with Crippen molar-refractivity contribution in [2.75, 3.05) is 19.7 Å². The van der Waals surface area contributed by atoms with Crippen molar-refractivity contribution in [2.45, 2.75) is 31.2 Å². The second-order valence-electron chi connectivity index (χ2n) is 7.99. The third-order valence-corrected chi connectivity index (χ3v) is 8.84. The summed E-state index contributed by atoms with van der Waals surface area (Å²) in [6, 6.07) is 12.4. The predicted molar refractivity (Wildman–Crippen MR) is 128 cm³/mol. The van der Waals surface area contributed by atoms with E-state index in [9.17, 15) is 18.0 Å². The number of piperidine rings is 1. The number of benzene rings is 2. The number of carbonyl (C=O) groups excluding carboxylic acids is 1. The standard InChI is InChI=1S/C23H27N3O5S2/c1-3-31-20-7-5-4-6-17(20)15-24-22(27)16-10-12-26(13-11-16)33(29,30)18-8-9-19-21(14-18)32-23(28)25(19)2/h4-9,14,16H,3,10-13,15H2,1-2H3,(H,24,27). The highest BCUT2D eigenvalue weighted by Gasteiger charge is 2.32. The molecule has 1 aliphatic heterocycles. The average Bonchev–Trinajstić information content (AvgIpc) is 3.11. The maximum absolute atomic E-state index is 13.1. The fraction of sp³-hybridized carbons (Fsp3) is 0.391. The number of aromatic nitrogens is 1. The summed E-state index contributed by atoms with van der Waals surface area (Å²) in [4.78, 5) is 24.6. The molecule has 8 nitrogen and oxygen atoms in total. The van der Waals surface area contributed by atoms with E-state index in [-0.39, 0.29) is 34.7 Å². The number of hydrogen-bond donors (Lipinski definition) is 1. The summed E-state index contributed by atoms with van der Waals surface area (Å²) in [6.45, 7) is 3.39. The van der Waals surface area contributed by atoms with Crippen LogP contribution in [0.25, 0.3) is 10.2 Å². The first-order chi connectivity index (χ1) is 15.8.